The Kier molecular flexibility index (Phi) is 2.70. The normalized spacial score (nSPS) is 13.4. The second kappa shape index (κ2) is 2.77. The van der Waals surface area contributed by atoms with Crippen molar-refractivity contribution < 1.29 is 21.4 Å². The molecule has 8 nitrogen and oxygen atoms in total. The van der Waals surface area contributed by atoms with Gasteiger partial charge in [0.25, 0.3) is 10.2 Å². The number of nitrogens with one attached hydrogen (secondary N) is 2. The quantitative estimate of drug-likeness (QED) is 0.279. The average molecular weight is 191 g/mol. The Labute approximate surface area is 57.4 Å². The summed E-state index contributed by atoms with van der Waals surface area (Å²) in [5.41, 5.74) is 0. The molecule has 0 aliphatic heterocycles. The number of nitrogens with two attached hydrogens (primary N) is 1. The minimum atomic E-state index is -4.58. The van der Waals surface area contributed by atoms with Crippen LogP contribution in [-0.4, -0.2) is 21.4 Å². The molecule has 0 aliphatic carbocycles. The van der Waals surface area contributed by atoms with E-state index in [4.69, 9.17) is 4.55 Å². The van der Waals surface area contributed by atoms with Crippen molar-refractivity contribution in [1.29, 1.82) is 0 Å². The van der Waals surface area contributed by atoms with E-state index in [1.807, 2.05) is 0 Å². The monoisotopic (exact) mass is 191 g/mol. The Balaban J connectivity index is 4.05. The lowest BCUT2D eigenvalue weighted by molar-refractivity contribution is 0.462. The summed E-state index contributed by atoms with van der Waals surface area (Å²) in [5, 5.41) is 4.27. The Morgan fingerprint density at radius 1 is 1.10 bits per heavy atom. The maximum Gasteiger partial charge on any atom is 0.347 e. The molecule has 0 saturated carbocycles. The maximum atomic E-state index is 9.91. The zero-order chi connectivity index (χ0) is 8.41. The zero-order valence-corrected chi connectivity index (χ0v) is 6.11. The first kappa shape index (κ1) is 9.74. The summed E-state index contributed by atoms with van der Waals surface area (Å²) in [6, 6.07) is 0. The fourth-order valence-electron chi connectivity index (χ4n) is 0.111. The molecule has 0 bridgehead atoms. The summed E-state index contributed by atoms with van der Waals surface area (Å²) in [6.07, 6.45) is 0. The molecule has 0 atom stereocenters. The van der Waals surface area contributed by atoms with Crippen molar-refractivity contribution in [3.63, 3.8) is 0 Å². The first-order valence-corrected chi connectivity index (χ1v) is 4.73. The molecule has 0 aromatic rings. The summed E-state index contributed by atoms with van der Waals surface area (Å²) < 4.78 is 47.2. The third kappa shape index (κ3) is 7.74. The van der Waals surface area contributed by atoms with Crippen LogP contribution in [0.3, 0.4) is 0 Å². The molecule has 0 aromatic carbocycles. The number of hydrogen-bond acceptors (Lipinski definition) is 4. The van der Waals surface area contributed by atoms with E-state index in [2.05, 4.69) is 5.14 Å². The summed E-state index contributed by atoms with van der Waals surface area (Å²) in [5.74, 6) is 0. The first-order valence-electron chi connectivity index (χ1n) is 1.74. The molecule has 10 heteroatoms. The Morgan fingerprint density at radius 3 is 1.60 bits per heavy atom. The number of rotatable bonds is 3. The molecule has 10 heavy (non-hydrogen) atoms. The van der Waals surface area contributed by atoms with Crippen LogP contribution in [0, 0.1) is 0 Å². The van der Waals surface area contributed by atoms with E-state index in [9.17, 15) is 16.8 Å². The topological polar surface area (TPSA) is 139 Å². The molecule has 0 heterocycles. The molecule has 62 valence electrons. The van der Waals surface area contributed by atoms with Gasteiger partial charge in [-0.05, 0) is 0 Å². The van der Waals surface area contributed by atoms with Gasteiger partial charge in [-0.3, -0.25) is 4.55 Å². The van der Waals surface area contributed by atoms with E-state index in [0.717, 1.165) is 9.66 Å². The highest BCUT2D eigenvalue weighted by atomic mass is 32.2. The number of hydrazine groups is 1. The van der Waals surface area contributed by atoms with Gasteiger partial charge in [-0.1, -0.05) is 0 Å². The van der Waals surface area contributed by atoms with Crippen LogP contribution in [-0.2, 0) is 20.5 Å². The van der Waals surface area contributed by atoms with Crippen molar-refractivity contribution >= 4 is 20.5 Å². The fraction of sp³-hybridized carbons (Fsp3) is 0. The molecule has 0 aromatic heterocycles. The highest BCUT2D eigenvalue weighted by Gasteiger charge is 2.06. The molecule has 0 rings (SSSR count). The Hall–Kier alpha value is -0.260. The summed E-state index contributed by atoms with van der Waals surface area (Å²) in [4.78, 5) is 2.15. The van der Waals surface area contributed by atoms with E-state index in [1.165, 1.54) is 0 Å². The van der Waals surface area contributed by atoms with E-state index in [0.29, 0.717) is 0 Å². The average Bonchev–Trinajstić information content (AvgIpc) is 1.57. The van der Waals surface area contributed by atoms with Crippen molar-refractivity contribution in [2.24, 2.45) is 5.14 Å². The van der Waals surface area contributed by atoms with Crippen LogP contribution in [0.15, 0.2) is 0 Å². The molecule has 0 fully saturated rings. The van der Waals surface area contributed by atoms with Crippen LogP contribution in [0.2, 0.25) is 0 Å². The molecule has 0 radical (unpaired) electrons. The standard InChI is InChI=1S/H5N3O5S2/c1-9(4,5)2-3-10(6,7)8/h2-3H,(H2,1,4,5)(H,6,7,8). The van der Waals surface area contributed by atoms with Gasteiger partial charge in [0, 0.05) is 0 Å². The van der Waals surface area contributed by atoms with Gasteiger partial charge in [0.1, 0.15) is 0 Å². The van der Waals surface area contributed by atoms with Gasteiger partial charge < -0.3 is 0 Å². The van der Waals surface area contributed by atoms with E-state index < -0.39 is 20.5 Å². The predicted octanol–water partition coefficient (Wildman–Crippen LogP) is -2.91. The van der Waals surface area contributed by atoms with Crippen molar-refractivity contribution in [3.8, 4) is 0 Å². The van der Waals surface area contributed by atoms with Gasteiger partial charge >= 0.3 is 10.3 Å². The van der Waals surface area contributed by atoms with Crippen LogP contribution in [0.1, 0.15) is 0 Å². The van der Waals surface area contributed by atoms with E-state index in [-0.39, 0.29) is 0 Å². The summed E-state index contributed by atoms with van der Waals surface area (Å²) in [7, 11) is -8.74. The molecular weight excluding hydrogens is 186 g/mol. The largest absolute Gasteiger partial charge is 0.347 e. The lowest BCUT2D eigenvalue weighted by Crippen LogP contribution is -2.44. The SMILES string of the molecule is NS(=O)(=O)NNS(=O)(=O)O. The zero-order valence-electron chi connectivity index (χ0n) is 4.47. The highest BCUT2D eigenvalue weighted by Crippen LogP contribution is 1.68. The lowest BCUT2D eigenvalue weighted by atomic mass is 13.0. The smallest absolute Gasteiger partial charge is 0.273 e. The third-order valence-electron chi connectivity index (χ3n) is 0.313. The van der Waals surface area contributed by atoms with E-state index in [1.54, 1.807) is 0 Å². The minimum absolute atomic E-state index is 1.03. The maximum absolute atomic E-state index is 9.91. The van der Waals surface area contributed by atoms with Crippen LogP contribution >= 0.6 is 0 Å². The molecule has 0 spiro atoms. The summed E-state index contributed by atoms with van der Waals surface area (Å²) in [6.45, 7) is 0. The van der Waals surface area contributed by atoms with Gasteiger partial charge in [-0.25, -0.2) is 5.14 Å². The molecule has 0 unspecified atom stereocenters. The first-order chi connectivity index (χ1) is 4.21. The number of hydrogen-bond donors (Lipinski definition) is 4. The van der Waals surface area contributed by atoms with Crippen LogP contribution in [0.25, 0.3) is 0 Å². The predicted molar refractivity (Wildman–Crippen MR) is 30.9 cm³/mol. The highest BCUT2D eigenvalue weighted by molar-refractivity contribution is 7.88. The van der Waals surface area contributed by atoms with Gasteiger partial charge in [0.2, 0.25) is 0 Å². The molecule has 0 aliphatic rings. The Bertz CT molecular complexity index is 251. The van der Waals surface area contributed by atoms with Gasteiger partial charge in [-0.2, -0.15) is 16.8 Å². The molecule has 0 amide bonds. The summed E-state index contributed by atoms with van der Waals surface area (Å²) >= 11 is 0. The molecule has 0 saturated heterocycles. The van der Waals surface area contributed by atoms with Gasteiger partial charge in [0.05, 0.1) is 0 Å². The third-order valence-corrected chi connectivity index (χ3v) is 1.19. The van der Waals surface area contributed by atoms with Gasteiger partial charge in [0.15, 0.2) is 0 Å². The van der Waals surface area contributed by atoms with Crippen molar-refractivity contribution in [3.05, 3.63) is 0 Å². The van der Waals surface area contributed by atoms with Crippen LogP contribution in [0.4, 0.5) is 0 Å². The Morgan fingerprint density at radius 2 is 1.50 bits per heavy atom. The van der Waals surface area contributed by atoms with Crippen molar-refractivity contribution in [2.75, 3.05) is 0 Å². The van der Waals surface area contributed by atoms with Gasteiger partial charge in [-0.15, -0.1) is 9.66 Å². The fourth-order valence-corrected chi connectivity index (χ4v) is 0.997. The molecular formula is H5N3O5S2. The minimum Gasteiger partial charge on any atom is -0.273 e. The second-order valence-electron chi connectivity index (χ2n) is 1.22. The lowest BCUT2D eigenvalue weighted by Gasteiger charge is -1.98. The van der Waals surface area contributed by atoms with Crippen molar-refractivity contribution in [1.82, 2.24) is 9.66 Å². The molecule has 5 N–H and O–H groups in total. The second-order valence-corrected chi connectivity index (χ2v) is 3.67. The van der Waals surface area contributed by atoms with E-state index >= 15 is 0 Å². The van der Waals surface area contributed by atoms with Crippen LogP contribution < -0.4 is 14.8 Å². The van der Waals surface area contributed by atoms with Crippen LogP contribution in [0.5, 0.6) is 0 Å². The van der Waals surface area contributed by atoms with Crippen molar-refractivity contribution in [2.45, 2.75) is 0 Å².